The highest BCUT2D eigenvalue weighted by Gasteiger charge is 2.14. The van der Waals surface area contributed by atoms with Crippen molar-refractivity contribution in [1.29, 1.82) is 0 Å². The number of benzene rings is 2. The van der Waals surface area contributed by atoms with Crippen molar-refractivity contribution in [2.75, 3.05) is 0 Å². The average Bonchev–Trinajstić information content (AvgIpc) is 2.32. The third-order valence-corrected chi connectivity index (χ3v) is 4.60. The van der Waals surface area contributed by atoms with Gasteiger partial charge in [0.2, 0.25) is 0 Å². The molecular weight excluding hydrogens is 359 g/mol. The van der Waals surface area contributed by atoms with Gasteiger partial charge in [0.1, 0.15) is 5.82 Å². The molecule has 1 atom stereocenters. The molecule has 0 aliphatic rings. The minimum atomic E-state index is -0.235. The molecule has 0 bridgehead atoms. The first-order valence-corrected chi connectivity index (χ1v) is 7.36. The summed E-state index contributed by atoms with van der Waals surface area (Å²) in [4.78, 5) is 0.0145. The van der Waals surface area contributed by atoms with Gasteiger partial charge in [-0.1, -0.05) is 45.8 Å². The van der Waals surface area contributed by atoms with Crippen LogP contribution in [-0.4, -0.2) is 0 Å². The number of hydrogen-bond donors (Lipinski definition) is 0. The first-order valence-electron chi connectivity index (χ1n) is 5.65. The van der Waals surface area contributed by atoms with Crippen molar-refractivity contribution >= 4 is 31.9 Å². The van der Waals surface area contributed by atoms with Gasteiger partial charge in [0.05, 0.1) is 9.30 Å². The molecule has 94 valence electrons. The van der Waals surface area contributed by atoms with Gasteiger partial charge in [-0.2, -0.15) is 0 Å². The summed E-state index contributed by atoms with van der Waals surface area (Å²) in [5.41, 5.74) is 4.53. The molecule has 0 amide bonds. The van der Waals surface area contributed by atoms with Crippen molar-refractivity contribution in [3.05, 3.63) is 68.9 Å². The van der Waals surface area contributed by atoms with E-state index in [1.54, 1.807) is 12.1 Å². The molecule has 0 radical (unpaired) electrons. The Kier molecular flexibility index (Phi) is 4.23. The summed E-state index contributed by atoms with van der Waals surface area (Å²) in [5, 5.41) is 0. The number of halogens is 3. The highest BCUT2D eigenvalue weighted by Crippen LogP contribution is 2.34. The summed E-state index contributed by atoms with van der Waals surface area (Å²) in [6, 6.07) is 11.5. The molecule has 1 unspecified atom stereocenters. The maximum atomic E-state index is 13.6. The Hall–Kier alpha value is -0.670. The minimum Gasteiger partial charge on any atom is -0.206 e. The fourth-order valence-corrected chi connectivity index (χ4v) is 3.00. The maximum absolute atomic E-state index is 13.6. The summed E-state index contributed by atoms with van der Waals surface area (Å²) in [7, 11) is 0. The predicted octanol–water partition coefficient (Wildman–Crippen LogP) is 5.69. The Labute approximate surface area is 123 Å². The molecule has 0 aliphatic carbocycles. The summed E-state index contributed by atoms with van der Waals surface area (Å²) < 4.78 is 14.0. The van der Waals surface area contributed by atoms with Crippen LogP contribution in [0, 0.1) is 19.7 Å². The van der Waals surface area contributed by atoms with Crippen LogP contribution >= 0.6 is 31.9 Å². The van der Waals surface area contributed by atoms with Crippen LogP contribution in [0.3, 0.4) is 0 Å². The second-order valence-electron chi connectivity index (χ2n) is 4.40. The van der Waals surface area contributed by atoms with Crippen molar-refractivity contribution in [3.63, 3.8) is 0 Å². The monoisotopic (exact) mass is 370 g/mol. The Balaban J connectivity index is 2.41. The maximum Gasteiger partial charge on any atom is 0.137 e. The molecule has 0 nitrogen and oxygen atoms in total. The molecular formula is C15H13Br2F. The summed E-state index contributed by atoms with van der Waals surface area (Å²) in [6.45, 7) is 4.14. The SMILES string of the molecule is Cc1ccc(C(Br)c2ccc(Br)c(F)c2)c(C)c1. The molecule has 2 aromatic rings. The molecule has 2 aromatic carbocycles. The molecule has 18 heavy (non-hydrogen) atoms. The zero-order valence-electron chi connectivity index (χ0n) is 10.2. The molecule has 0 aliphatic heterocycles. The van der Waals surface area contributed by atoms with Gasteiger partial charge in [0.25, 0.3) is 0 Å². The van der Waals surface area contributed by atoms with Gasteiger partial charge in [-0.05, 0) is 58.6 Å². The lowest BCUT2D eigenvalue weighted by atomic mass is 9.99. The lowest BCUT2D eigenvalue weighted by molar-refractivity contribution is 0.619. The van der Waals surface area contributed by atoms with Crippen LogP contribution < -0.4 is 0 Å². The highest BCUT2D eigenvalue weighted by molar-refractivity contribution is 9.10. The minimum absolute atomic E-state index is 0.0145. The average molecular weight is 372 g/mol. The van der Waals surface area contributed by atoms with E-state index in [2.05, 4.69) is 63.9 Å². The Bertz CT molecular complexity index is 579. The van der Waals surface area contributed by atoms with E-state index in [1.807, 2.05) is 6.07 Å². The largest absolute Gasteiger partial charge is 0.206 e. The van der Waals surface area contributed by atoms with Crippen molar-refractivity contribution in [2.45, 2.75) is 18.7 Å². The standard InChI is InChI=1S/C15H13Br2F/c1-9-3-5-12(10(2)7-9)15(17)11-4-6-13(16)14(18)8-11/h3-8,15H,1-2H3. The topological polar surface area (TPSA) is 0 Å². The van der Waals surface area contributed by atoms with E-state index < -0.39 is 0 Å². The van der Waals surface area contributed by atoms with Gasteiger partial charge in [0.15, 0.2) is 0 Å². The first-order chi connectivity index (χ1) is 8.49. The van der Waals surface area contributed by atoms with Crippen LogP contribution in [0.1, 0.15) is 27.1 Å². The first kappa shape index (κ1) is 13.8. The molecule has 3 heteroatoms. The molecule has 0 aromatic heterocycles. The van der Waals surface area contributed by atoms with Crippen molar-refractivity contribution in [2.24, 2.45) is 0 Å². The quantitative estimate of drug-likeness (QED) is 0.595. The second-order valence-corrected chi connectivity index (χ2v) is 6.17. The Morgan fingerprint density at radius 3 is 2.39 bits per heavy atom. The van der Waals surface area contributed by atoms with Crippen molar-refractivity contribution in [1.82, 2.24) is 0 Å². The summed E-state index contributed by atoms with van der Waals surface area (Å²) in [6.07, 6.45) is 0. The molecule has 0 spiro atoms. The predicted molar refractivity (Wildman–Crippen MR) is 80.8 cm³/mol. The van der Waals surface area contributed by atoms with Crippen LogP contribution in [0.4, 0.5) is 4.39 Å². The Morgan fingerprint density at radius 1 is 1.06 bits per heavy atom. The fourth-order valence-electron chi connectivity index (χ4n) is 1.96. The lowest BCUT2D eigenvalue weighted by Gasteiger charge is -2.14. The van der Waals surface area contributed by atoms with E-state index >= 15 is 0 Å². The molecule has 2 rings (SSSR count). The summed E-state index contributed by atoms with van der Waals surface area (Å²) in [5.74, 6) is -0.235. The molecule has 0 heterocycles. The fraction of sp³-hybridized carbons (Fsp3) is 0.200. The van der Waals surface area contributed by atoms with Crippen LogP contribution in [0.2, 0.25) is 0 Å². The van der Waals surface area contributed by atoms with Crippen molar-refractivity contribution < 1.29 is 4.39 Å². The molecule has 0 fully saturated rings. The zero-order valence-corrected chi connectivity index (χ0v) is 13.3. The van der Waals surface area contributed by atoms with Crippen molar-refractivity contribution in [3.8, 4) is 0 Å². The summed E-state index contributed by atoms with van der Waals surface area (Å²) >= 11 is 6.81. The zero-order chi connectivity index (χ0) is 13.3. The van der Waals surface area contributed by atoms with Gasteiger partial charge in [-0.3, -0.25) is 0 Å². The third kappa shape index (κ3) is 2.83. The van der Waals surface area contributed by atoms with E-state index in [1.165, 1.54) is 16.7 Å². The third-order valence-electron chi connectivity index (χ3n) is 2.93. The number of hydrogen-bond acceptors (Lipinski definition) is 0. The normalized spacial score (nSPS) is 12.5. The molecule has 0 N–H and O–H groups in total. The van der Waals surface area contributed by atoms with Crippen LogP contribution in [0.15, 0.2) is 40.9 Å². The van der Waals surface area contributed by atoms with E-state index in [9.17, 15) is 4.39 Å². The number of aryl methyl sites for hydroxylation is 2. The molecule has 0 saturated heterocycles. The Morgan fingerprint density at radius 2 is 1.78 bits per heavy atom. The lowest BCUT2D eigenvalue weighted by Crippen LogP contribution is -1.97. The van der Waals surface area contributed by atoms with Gasteiger partial charge in [-0.25, -0.2) is 4.39 Å². The van der Waals surface area contributed by atoms with Crippen LogP contribution in [0.25, 0.3) is 0 Å². The van der Waals surface area contributed by atoms with E-state index in [0.717, 1.165) is 5.56 Å². The number of rotatable bonds is 2. The number of alkyl halides is 1. The van der Waals surface area contributed by atoms with Crippen LogP contribution in [-0.2, 0) is 0 Å². The van der Waals surface area contributed by atoms with Gasteiger partial charge in [0, 0.05) is 0 Å². The van der Waals surface area contributed by atoms with Crippen LogP contribution in [0.5, 0.6) is 0 Å². The smallest absolute Gasteiger partial charge is 0.137 e. The molecule has 0 saturated carbocycles. The second kappa shape index (κ2) is 5.54. The van der Waals surface area contributed by atoms with Gasteiger partial charge in [-0.15, -0.1) is 0 Å². The van der Waals surface area contributed by atoms with E-state index in [4.69, 9.17) is 0 Å². The van der Waals surface area contributed by atoms with Gasteiger partial charge < -0.3 is 0 Å². The highest BCUT2D eigenvalue weighted by atomic mass is 79.9. The van der Waals surface area contributed by atoms with Gasteiger partial charge >= 0.3 is 0 Å². The van der Waals surface area contributed by atoms with E-state index in [-0.39, 0.29) is 10.6 Å². The van der Waals surface area contributed by atoms with E-state index in [0.29, 0.717) is 4.47 Å².